The highest BCUT2D eigenvalue weighted by molar-refractivity contribution is 5.84. The van der Waals surface area contributed by atoms with Crippen LogP contribution in [0.4, 0.5) is 11.5 Å². The molecule has 5 nitrogen and oxygen atoms in total. The number of carbonyl (C=O) groups excluding carboxylic acids is 1. The van der Waals surface area contributed by atoms with Crippen LogP contribution in [-0.4, -0.2) is 34.9 Å². The van der Waals surface area contributed by atoms with Crippen molar-refractivity contribution >= 4 is 17.4 Å². The van der Waals surface area contributed by atoms with E-state index in [9.17, 15) is 4.79 Å². The number of rotatable bonds is 3. The van der Waals surface area contributed by atoms with E-state index in [4.69, 9.17) is 5.73 Å². The maximum atomic E-state index is 12.0. The molecule has 1 aliphatic heterocycles. The number of hydrogen-bond acceptors (Lipinski definition) is 4. The van der Waals surface area contributed by atoms with Crippen LogP contribution in [0.3, 0.4) is 0 Å². The fourth-order valence-corrected chi connectivity index (χ4v) is 2.02. The number of nitrogen functional groups attached to an aromatic ring is 1. The molecule has 1 aromatic rings. The van der Waals surface area contributed by atoms with E-state index in [1.807, 2.05) is 11.8 Å². The van der Waals surface area contributed by atoms with Crippen molar-refractivity contribution in [2.24, 2.45) is 0 Å². The SMILES string of the molecule is CC(Nc1cc(N)ccn1)C(=O)N1CCCC1. The van der Waals surface area contributed by atoms with E-state index < -0.39 is 0 Å². The number of hydrogen-bond donors (Lipinski definition) is 2. The van der Waals surface area contributed by atoms with Crippen LogP contribution in [0.2, 0.25) is 0 Å². The Morgan fingerprint density at radius 1 is 1.53 bits per heavy atom. The van der Waals surface area contributed by atoms with Crippen LogP contribution in [0.25, 0.3) is 0 Å². The van der Waals surface area contributed by atoms with Gasteiger partial charge in [0.2, 0.25) is 5.91 Å². The lowest BCUT2D eigenvalue weighted by molar-refractivity contribution is -0.130. The number of anilines is 2. The summed E-state index contributed by atoms with van der Waals surface area (Å²) in [6.45, 7) is 3.59. The molecular formula is C12H18N4O. The van der Waals surface area contributed by atoms with E-state index in [0.717, 1.165) is 25.9 Å². The highest BCUT2D eigenvalue weighted by Crippen LogP contribution is 2.13. The van der Waals surface area contributed by atoms with Crippen molar-refractivity contribution in [2.75, 3.05) is 24.1 Å². The monoisotopic (exact) mass is 234 g/mol. The van der Waals surface area contributed by atoms with Gasteiger partial charge in [-0.15, -0.1) is 0 Å². The quantitative estimate of drug-likeness (QED) is 0.821. The topological polar surface area (TPSA) is 71.2 Å². The molecule has 1 fully saturated rings. The summed E-state index contributed by atoms with van der Waals surface area (Å²) >= 11 is 0. The molecule has 1 aromatic heterocycles. The first kappa shape index (κ1) is 11.7. The summed E-state index contributed by atoms with van der Waals surface area (Å²) in [5, 5.41) is 3.08. The third-order valence-corrected chi connectivity index (χ3v) is 2.94. The van der Waals surface area contributed by atoms with Gasteiger partial charge in [0.25, 0.3) is 0 Å². The Balaban J connectivity index is 1.96. The Kier molecular flexibility index (Phi) is 3.46. The second-order valence-electron chi connectivity index (χ2n) is 4.37. The second kappa shape index (κ2) is 5.03. The van der Waals surface area contributed by atoms with E-state index in [-0.39, 0.29) is 11.9 Å². The number of aromatic nitrogens is 1. The summed E-state index contributed by atoms with van der Waals surface area (Å²) < 4.78 is 0. The predicted molar refractivity (Wildman–Crippen MR) is 67.5 cm³/mol. The van der Waals surface area contributed by atoms with E-state index in [2.05, 4.69) is 10.3 Å². The molecule has 1 saturated heterocycles. The summed E-state index contributed by atoms with van der Waals surface area (Å²) in [5.41, 5.74) is 6.30. The first-order valence-corrected chi connectivity index (χ1v) is 5.93. The van der Waals surface area contributed by atoms with Gasteiger partial charge < -0.3 is 16.0 Å². The third kappa shape index (κ3) is 2.87. The lowest BCUT2D eigenvalue weighted by atomic mass is 10.3. The molecule has 1 atom stereocenters. The van der Waals surface area contributed by atoms with Crippen molar-refractivity contribution in [3.8, 4) is 0 Å². The van der Waals surface area contributed by atoms with Crippen LogP contribution >= 0.6 is 0 Å². The largest absolute Gasteiger partial charge is 0.399 e. The molecular weight excluding hydrogens is 216 g/mol. The van der Waals surface area contributed by atoms with E-state index in [1.54, 1.807) is 18.3 Å². The molecule has 1 unspecified atom stereocenters. The average molecular weight is 234 g/mol. The lowest BCUT2D eigenvalue weighted by Gasteiger charge is -2.21. The zero-order valence-corrected chi connectivity index (χ0v) is 10.0. The van der Waals surface area contributed by atoms with Crippen molar-refractivity contribution in [3.05, 3.63) is 18.3 Å². The van der Waals surface area contributed by atoms with Crippen LogP contribution < -0.4 is 11.1 Å². The maximum Gasteiger partial charge on any atom is 0.244 e. The highest BCUT2D eigenvalue weighted by Gasteiger charge is 2.23. The standard InChI is InChI=1S/C12H18N4O/c1-9(12(17)16-6-2-3-7-16)15-11-8-10(13)4-5-14-11/h4-5,8-9H,2-3,6-7H2,1H3,(H3,13,14,15). The molecule has 0 spiro atoms. The molecule has 0 aromatic carbocycles. The van der Waals surface area contributed by atoms with Gasteiger partial charge in [0.15, 0.2) is 0 Å². The summed E-state index contributed by atoms with van der Waals surface area (Å²) in [6.07, 6.45) is 3.84. The molecule has 17 heavy (non-hydrogen) atoms. The predicted octanol–water partition coefficient (Wildman–Crippen LogP) is 1.09. The zero-order valence-electron chi connectivity index (χ0n) is 10.0. The van der Waals surface area contributed by atoms with Gasteiger partial charge in [0.1, 0.15) is 11.9 Å². The van der Waals surface area contributed by atoms with Crippen molar-refractivity contribution in [2.45, 2.75) is 25.8 Å². The zero-order chi connectivity index (χ0) is 12.3. The number of nitrogens with zero attached hydrogens (tertiary/aromatic N) is 2. The van der Waals surface area contributed by atoms with Gasteiger partial charge in [-0.3, -0.25) is 4.79 Å². The first-order chi connectivity index (χ1) is 8.16. The molecule has 0 bridgehead atoms. The summed E-state index contributed by atoms with van der Waals surface area (Å²) in [4.78, 5) is 18.1. The van der Waals surface area contributed by atoms with E-state index in [1.165, 1.54) is 0 Å². The molecule has 0 aliphatic carbocycles. The second-order valence-corrected chi connectivity index (χ2v) is 4.37. The minimum absolute atomic E-state index is 0.131. The molecule has 0 saturated carbocycles. The van der Waals surface area contributed by atoms with Crippen molar-refractivity contribution in [1.29, 1.82) is 0 Å². The Morgan fingerprint density at radius 3 is 2.88 bits per heavy atom. The maximum absolute atomic E-state index is 12.0. The molecule has 5 heteroatoms. The molecule has 1 aliphatic rings. The fourth-order valence-electron chi connectivity index (χ4n) is 2.02. The number of likely N-dealkylation sites (tertiary alicyclic amines) is 1. The third-order valence-electron chi connectivity index (χ3n) is 2.94. The highest BCUT2D eigenvalue weighted by atomic mass is 16.2. The molecule has 2 heterocycles. The average Bonchev–Trinajstić information content (AvgIpc) is 2.81. The lowest BCUT2D eigenvalue weighted by Crippen LogP contribution is -2.39. The minimum Gasteiger partial charge on any atom is -0.399 e. The molecule has 2 rings (SSSR count). The van der Waals surface area contributed by atoms with Gasteiger partial charge in [-0.2, -0.15) is 0 Å². The first-order valence-electron chi connectivity index (χ1n) is 5.93. The van der Waals surface area contributed by atoms with E-state index >= 15 is 0 Å². The van der Waals surface area contributed by atoms with Crippen LogP contribution in [0.5, 0.6) is 0 Å². The van der Waals surface area contributed by atoms with Gasteiger partial charge in [-0.1, -0.05) is 0 Å². The van der Waals surface area contributed by atoms with Crippen LogP contribution in [0.1, 0.15) is 19.8 Å². The normalized spacial score (nSPS) is 16.9. The fraction of sp³-hybridized carbons (Fsp3) is 0.500. The molecule has 3 N–H and O–H groups in total. The Hall–Kier alpha value is -1.78. The molecule has 0 radical (unpaired) electrons. The number of carbonyl (C=O) groups is 1. The van der Waals surface area contributed by atoms with Gasteiger partial charge >= 0.3 is 0 Å². The Bertz CT molecular complexity index is 401. The number of nitrogens with one attached hydrogen (secondary N) is 1. The number of pyridine rings is 1. The summed E-state index contributed by atoms with van der Waals surface area (Å²) in [7, 11) is 0. The van der Waals surface area contributed by atoms with Crippen LogP contribution in [0, 0.1) is 0 Å². The Morgan fingerprint density at radius 2 is 2.24 bits per heavy atom. The molecule has 92 valence electrons. The minimum atomic E-state index is -0.262. The smallest absolute Gasteiger partial charge is 0.244 e. The van der Waals surface area contributed by atoms with Gasteiger partial charge in [-0.05, 0) is 25.8 Å². The van der Waals surface area contributed by atoms with Crippen LogP contribution in [0.15, 0.2) is 18.3 Å². The Labute approximate surface area is 101 Å². The number of amides is 1. The van der Waals surface area contributed by atoms with Crippen molar-refractivity contribution < 1.29 is 4.79 Å². The molecule has 1 amide bonds. The summed E-state index contributed by atoms with van der Waals surface area (Å²) in [5.74, 6) is 0.775. The number of nitrogens with two attached hydrogens (primary N) is 1. The van der Waals surface area contributed by atoms with Gasteiger partial charge in [-0.25, -0.2) is 4.98 Å². The van der Waals surface area contributed by atoms with Crippen molar-refractivity contribution in [3.63, 3.8) is 0 Å². The van der Waals surface area contributed by atoms with Crippen molar-refractivity contribution in [1.82, 2.24) is 9.88 Å². The van der Waals surface area contributed by atoms with Gasteiger partial charge in [0.05, 0.1) is 0 Å². The van der Waals surface area contributed by atoms with Crippen LogP contribution in [-0.2, 0) is 4.79 Å². The van der Waals surface area contributed by atoms with Gasteiger partial charge in [0, 0.05) is 31.0 Å². The summed E-state index contributed by atoms with van der Waals surface area (Å²) in [6, 6.07) is 3.19. The van der Waals surface area contributed by atoms with E-state index in [0.29, 0.717) is 11.5 Å².